The number of ether oxygens (including phenoxy) is 1. The van der Waals surface area contributed by atoms with E-state index in [0.29, 0.717) is 35.5 Å². The summed E-state index contributed by atoms with van der Waals surface area (Å²) < 4.78 is 7.33. The predicted octanol–water partition coefficient (Wildman–Crippen LogP) is 3.19. The number of hydrogen-bond acceptors (Lipinski definition) is 6. The number of hydrogen-bond donors (Lipinski definition) is 0. The van der Waals surface area contributed by atoms with Crippen LogP contribution in [0.5, 0.6) is 0 Å². The third kappa shape index (κ3) is 3.39. The first-order valence-electron chi connectivity index (χ1n) is 8.66. The Hall–Kier alpha value is -2.17. The van der Waals surface area contributed by atoms with Gasteiger partial charge < -0.3 is 4.74 Å². The first kappa shape index (κ1) is 18.6. The molecule has 1 atom stereocenters. The highest BCUT2D eigenvalue weighted by Gasteiger charge is 2.25. The Bertz CT molecular complexity index is 913. The minimum atomic E-state index is -0.500. The first-order chi connectivity index (χ1) is 12.4. The van der Waals surface area contributed by atoms with Crippen molar-refractivity contribution in [2.75, 3.05) is 12.4 Å². The molecular weight excluding hydrogens is 348 g/mol. The molecule has 6 nitrogen and oxygen atoms in total. The molecule has 136 valence electrons. The van der Waals surface area contributed by atoms with E-state index in [4.69, 9.17) is 4.74 Å². The van der Waals surface area contributed by atoms with Crippen molar-refractivity contribution in [3.8, 4) is 17.3 Å². The molecule has 0 radical (unpaired) electrons. The molecule has 0 fully saturated rings. The van der Waals surface area contributed by atoms with Crippen LogP contribution in [0.1, 0.15) is 39.0 Å². The van der Waals surface area contributed by atoms with Crippen LogP contribution >= 0.6 is 11.8 Å². The summed E-state index contributed by atoms with van der Waals surface area (Å²) in [4.78, 5) is 21.8. The molecule has 0 aliphatic carbocycles. The zero-order valence-corrected chi connectivity index (χ0v) is 16.3. The lowest BCUT2D eigenvalue weighted by molar-refractivity contribution is -0.0172. The average molecular weight is 370 g/mol. The molecule has 2 aromatic rings. The smallest absolute Gasteiger partial charge is 0.272 e. The molecule has 0 bridgehead atoms. The van der Waals surface area contributed by atoms with Gasteiger partial charge in [-0.3, -0.25) is 14.3 Å². The lowest BCUT2D eigenvalue weighted by atomic mass is 10.0. The van der Waals surface area contributed by atoms with E-state index in [0.717, 1.165) is 11.4 Å². The van der Waals surface area contributed by atoms with Crippen molar-refractivity contribution in [3.63, 3.8) is 0 Å². The van der Waals surface area contributed by atoms with Gasteiger partial charge in [-0.1, -0.05) is 18.7 Å². The van der Waals surface area contributed by atoms with Crippen molar-refractivity contribution >= 4 is 11.8 Å². The fourth-order valence-corrected chi connectivity index (χ4v) is 4.03. The molecule has 0 aromatic carbocycles. The van der Waals surface area contributed by atoms with E-state index >= 15 is 0 Å². The van der Waals surface area contributed by atoms with E-state index < -0.39 is 5.60 Å². The fraction of sp³-hybridized carbons (Fsp3) is 0.474. The van der Waals surface area contributed by atoms with Gasteiger partial charge in [0, 0.05) is 30.7 Å². The van der Waals surface area contributed by atoms with Crippen LogP contribution in [0.15, 0.2) is 28.3 Å². The summed E-state index contributed by atoms with van der Waals surface area (Å²) >= 11 is 1.56. The van der Waals surface area contributed by atoms with Crippen LogP contribution in [0.3, 0.4) is 0 Å². The second-order valence-corrected chi connectivity index (χ2v) is 7.92. The molecule has 1 unspecified atom stereocenters. The zero-order valence-electron chi connectivity index (χ0n) is 15.4. The van der Waals surface area contributed by atoms with Gasteiger partial charge in [0.25, 0.3) is 5.56 Å². The van der Waals surface area contributed by atoms with Gasteiger partial charge in [-0.2, -0.15) is 5.26 Å². The standard InChI is InChI=1S/C19H22N4O2S/c1-5-25-19(3,4)15-7-6-13(9-21-15)16-14(8-20)17(24)23-10-12(2)11-26-18(23)22-16/h6-7,9,12H,5,10-11H2,1-4H3. The maximum absolute atomic E-state index is 12.7. The Morgan fingerprint density at radius 2 is 2.23 bits per heavy atom. The normalized spacial score (nSPS) is 16.8. The maximum Gasteiger partial charge on any atom is 0.272 e. The maximum atomic E-state index is 12.7. The van der Waals surface area contributed by atoms with E-state index in [-0.39, 0.29) is 11.1 Å². The summed E-state index contributed by atoms with van der Waals surface area (Å²) in [7, 11) is 0. The van der Waals surface area contributed by atoms with E-state index in [1.54, 1.807) is 22.5 Å². The molecule has 2 aromatic heterocycles. The van der Waals surface area contributed by atoms with Crippen molar-refractivity contribution in [3.05, 3.63) is 39.9 Å². The SMILES string of the molecule is CCOC(C)(C)c1ccc(-c2nc3n(c(=O)c2C#N)CC(C)CS3)cn1. The molecule has 0 N–H and O–H groups in total. The Morgan fingerprint density at radius 1 is 1.46 bits per heavy atom. The number of rotatable bonds is 4. The van der Waals surface area contributed by atoms with Crippen molar-refractivity contribution in [1.82, 2.24) is 14.5 Å². The largest absolute Gasteiger partial charge is 0.370 e. The zero-order chi connectivity index (χ0) is 18.9. The van der Waals surface area contributed by atoms with E-state index in [1.807, 2.05) is 39.0 Å². The minimum absolute atomic E-state index is 0.0714. The Balaban J connectivity index is 2.06. The highest BCUT2D eigenvalue weighted by Crippen LogP contribution is 2.29. The molecule has 0 spiro atoms. The second kappa shape index (κ2) is 7.22. The van der Waals surface area contributed by atoms with Crippen LogP contribution in [-0.2, 0) is 16.9 Å². The van der Waals surface area contributed by atoms with Gasteiger partial charge in [-0.15, -0.1) is 0 Å². The lowest BCUT2D eigenvalue weighted by Crippen LogP contribution is -2.32. The summed E-state index contributed by atoms with van der Waals surface area (Å²) in [6.07, 6.45) is 1.66. The Labute approximate surface area is 157 Å². The Morgan fingerprint density at radius 3 is 2.85 bits per heavy atom. The number of pyridine rings is 1. The number of fused-ring (bicyclic) bond motifs is 1. The Kier molecular flexibility index (Phi) is 5.17. The van der Waals surface area contributed by atoms with Crippen LogP contribution < -0.4 is 5.56 Å². The minimum Gasteiger partial charge on any atom is -0.370 e. The highest BCUT2D eigenvalue weighted by molar-refractivity contribution is 7.99. The van der Waals surface area contributed by atoms with Crippen LogP contribution in [0.2, 0.25) is 0 Å². The topological polar surface area (TPSA) is 80.8 Å². The number of nitrogens with zero attached hydrogens (tertiary/aromatic N) is 4. The van der Waals surface area contributed by atoms with Gasteiger partial charge in [-0.25, -0.2) is 4.98 Å². The average Bonchev–Trinajstić information content (AvgIpc) is 2.62. The summed E-state index contributed by atoms with van der Waals surface area (Å²) in [6, 6.07) is 5.74. The van der Waals surface area contributed by atoms with Gasteiger partial charge in [0.2, 0.25) is 0 Å². The summed E-state index contributed by atoms with van der Waals surface area (Å²) in [5.74, 6) is 1.29. The third-order valence-electron chi connectivity index (χ3n) is 4.40. The molecule has 7 heteroatoms. The second-order valence-electron chi connectivity index (χ2n) is 6.94. The lowest BCUT2D eigenvalue weighted by Gasteiger charge is -2.24. The van der Waals surface area contributed by atoms with E-state index in [2.05, 4.69) is 16.9 Å². The summed E-state index contributed by atoms with van der Waals surface area (Å²) in [6.45, 7) is 9.14. The molecule has 0 saturated heterocycles. The molecule has 1 aliphatic heterocycles. The molecule has 0 saturated carbocycles. The van der Waals surface area contributed by atoms with Crippen LogP contribution in [0.25, 0.3) is 11.3 Å². The van der Waals surface area contributed by atoms with Crippen molar-refractivity contribution in [2.24, 2.45) is 5.92 Å². The van der Waals surface area contributed by atoms with Crippen molar-refractivity contribution in [1.29, 1.82) is 5.26 Å². The van der Waals surface area contributed by atoms with E-state index in [1.165, 1.54) is 0 Å². The van der Waals surface area contributed by atoms with Crippen molar-refractivity contribution < 1.29 is 4.74 Å². The van der Waals surface area contributed by atoms with Crippen LogP contribution in [-0.4, -0.2) is 26.9 Å². The van der Waals surface area contributed by atoms with Gasteiger partial charge in [0.1, 0.15) is 17.2 Å². The highest BCUT2D eigenvalue weighted by atomic mass is 32.2. The molecule has 3 heterocycles. The van der Waals surface area contributed by atoms with Crippen LogP contribution in [0, 0.1) is 17.2 Å². The number of aromatic nitrogens is 3. The summed E-state index contributed by atoms with van der Waals surface area (Å²) in [5.41, 5.74) is 1.16. The van der Waals surface area contributed by atoms with Gasteiger partial charge >= 0.3 is 0 Å². The number of thioether (sulfide) groups is 1. The monoisotopic (exact) mass is 370 g/mol. The fourth-order valence-electron chi connectivity index (χ4n) is 3.02. The van der Waals surface area contributed by atoms with Gasteiger partial charge in [-0.05, 0) is 38.8 Å². The van der Waals surface area contributed by atoms with Gasteiger partial charge in [0.05, 0.1) is 11.4 Å². The van der Waals surface area contributed by atoms with Gasteiger partial charge in [0.15, 0.2) is 5.16 Å². The van der Waals surface area contributed by atoms with Crippen molar-refractivity contribution in [2.45, 2.75) is 45.0 Å². The van der Waals surface area contributed by atoms with E-state index in [9.17, 15) is 10.1 Å². The molecule has 3 rings (SSSR count). The molecular formula is C19H22N4O2S. The quantitative estimate of drug-likeness (QED) is 0.769. The molecule has 1 aliphatic rings. The van der Waals surface area contributed by atoms with Crippen LogP contribution in [0.4, 0.5) is 0 Å². The molecule has 26 heavy (non-hydrogen) atoms. The predicted molar refractivity (Wildman–Crippen MR) is 101 cm³/mol. The third-order valence-corrected chi connectivity index (χ3v) is 5.70. The summed E-state index contributed by atoms with van der Waals surface area (Å²) in [5, 5.41) is 10.2. The number of nitriles is 1. The molecule has 0 amide bonds. The first-order valence-corrected chi connectivity index (χ1v) is 9.64.